The van der Waals surface area contributed by atoms with E-state index in [0.717, 1.165) is 28.7 Å². The first-order chi connectivity index (χ1) is 13.5. The third-order valence-electron chi connectivity index (χ3n) is 4.95. The van der Waals surface area contributed by atoms with Crippen molar-refractivity contribution < 1.29 is 4.39 Å². The van der Waals surface area contributed by atoms with E-state index in [1.54, 1.807) is 18.3 Å². The molecule has 0 spiro atoms. The molecule has 3 heterocycles. The van der Waals surface area contributed by atoms with Crippen molar-refractivity contribution in [3.8, 4) is 5.69 Å². The number of hydrogen-bond acceptors (Lipinski definition) is 2. The Bertz CT molecular complexity index is 952. The SMILES string of the molecule is CC(C)CN1C(=S)N[C@H](c2ccccn2)[C@@H]1c1cccn1-c1ccc(F)cc1. The zero-order chi connectivity index (χ0) is 19.7. The van der Waals surface area contributed by atoms with Crippen LogP contribution < -0.4 is 5.32 Å². The highest BCUT2D eigenvalue weighted by molar-refractivity contribution is 7.80. The van der Waals surface area contributed by atoms with E-state index in [1.165, 1.54) is 12.1 Å². The van der Waals surface area contributed by atoms with E-state index in [4.69, 9.17) is 12.2 Å². The summed E-state index contributed by atoms with van der Waals surface area (Å²) in [5, 5.41) is 4.21. The average molecular weight is 395 g/mol. The van der Waals surface area contributed by atoms with Gasteiger partial charge in [-0.3, -0.25) is 4.98 Å². The Hall–Kier alpha value is -2.73. The quantitative estimate of drug-likeness (QED) is 0.639. The second-order valence-corrected chi connectivity index (χ2v) is 7.84. The summed E-state index contributed by atoms with van der Waals surface area (Å²) in [6, 6.07) is 16.5. The van der Waals surface area contributed by atoms with Gasteiger partial charge in [-0.25, -0.2) is 4.39 Å². The molecule has 0 amide bonds. The van der Waals surface area contributed by atoms with Gasteiger partial charge in [0.2, 0.25) is 0 Å². The molecule has 1 fully saturated rings. The molecular formula is C22H23FN4S. The smallest absolute Gasteiger partial charge is 0.170 e. The summed E-state index contributed by atoms with van der Waals surface area (Å²) in [6.45, 7) is 5.22. The molecule has 28 heavy (non-hydrogen) atoms. The zero-order valence-electron chi connectivity index (χ0n) is 15.9. The summed E-state index contributed by atoms with van der Waals surface area (Å²) < 4.78 is 15.5. The van der Waals surface area contributed by atoms with Crippen LogP contribution in [-0.2, 0) is 0 Å². The van der Waals surface area contributed by atoms with Crippen LogP contribution in [0.2, 0.25) is 0 Å². The molecule has 1 saturated heterocycles. The maximum absolute atomic E-state index is 13.4. The molecule has 0 saturated carbocycles. The Balaban J connectivity index is 1.80. The average Bonchev–Trinajstić information content (AvgIpc) is 3.28. The van der Waals surface area contributed by atoms with E-state index in [0.29, 0.717) is 5.92 Å². The van der Waals surface area contributed by atoms with Crippen molar-refractivity contribution >= 4 is 17.3 Å². The van der Waals surface area contributed by atoms with Crippen molar-refractivity contribution in [2.24, 2.45) is 5.92 Å². The van der Waals surface area contributed by atoms with Gasteiger partial charge >= 0.3 is 0 Å². The number of aromatic nitrogens is 2. The molecule has 0 bridgehead atoms. The summed E-state index contributed by atoms with van der Waals surface area (Å²) in [7, 11) is 0. The van der Waals surface area contributed by atoms with Gasteiger partial charge in [-0.15, -0.1) is 0 Å². The van der Waals surface area contributed by atoms with Gasteiger partial charge in [-0.05, 0) is 66.7 Å². The lowest BCUT2D eigenvalue weighted by atomic mass is 10.0. The molecule has 4 nitrogen and oxygen atoms in total. The van der Waals surface area contributed by atoms with Gasteiger partial charge < -0.3 is 14.8 Å². The molecule has 1 aliphatic rings. The van der Waals surface area contributed by atoms with Gasteiger partial charge in [-0.2, -0.15) is 0 Å². The van der Waals surface area contributed by atoms with Crippen LogP contribution in [0.15, 0.2) is 67.0 Å². The predicted octanol–water partition coefficient (Wildman–Crippen LogP) is 4.64. The first-order valence-corrected chi connectivity index (χ1v) is 9.86. The number of thiocarbonyl (C=S) groups is 1. The fourth-order valence-corrected chi connectivity index (χ4v) is 4.10. The van der Waals surface area contributed by atoms with Crippen molar-refractivity contribution in [2.45, 2.75) is 25.9 Å². The second kappa shape index (κ2) is 7.72. The molecule has 2 aromatic heterocycles. The van der Waals surface area contributed by atoms with Crippen LogP contribution >= 0.6 is 12.2 Å². The van der Waals surface area contributed by atoms with Crippen molar-refractivity contribution in [2.75, 3.05) is 6.54 Å². The number of nitrogens with one attached hydrogen (secondary N) is 1. The van der Waals surface area contributed by atoms with Crippen LogP contribution in [0.3, 0.4) is 0 Å². The van der Waals surface area contributed by atoms with Crippen LogP contribution in [0.4, 0.5) is 4.39 Å². The Morgan fingerprint density at radius 3 is 2.57 bits per heavy atom. The fraction of sp³-hybridized carbons (Fsp3) is 0.273. The summed E-state index contributed by atoms with van der Waals surface area (Å²) in [5.74, 6) is 0.216. The van der Waals surface area contributed by atoms with Gasteiger partial charge in [0.15, 0.2) is 5.11 Å². The first-order valence-electron chi connectivity index (χ1n) is 9.46. The molecule has 4 rings (SSSR count). The molecule has 6 heteroatoms. The van der Waals surface area contributed by atoms with E-state index in [1.807, 2.05) is 30.5 Å². The fourth-order valence-electron chi connectivity index (χ4n) is 3.79. The highest BCUT2D eigenvalue weighted by Gasteiger charge is 2.41. The van der Waals surface area contributed by atoms with Crippen LogP contribution in [0.25, 0.3) is 5.69 Å². The monoisotopic (exact) mass is 394 g/mol. The standard InChI is InChI=1S/C22H23FN4S/c1-15(2)14-27-21(20(25-22(27)28)18-6-3-4-12-24-18)19-7-5-13-26(19)17-10-8-16(23)9-11-17/h3-13,15,20-21H,14H2,1-2H3,(H,25,28)/t20-,21+/m1/s1. The zero-order valence-corrected chi connectivity index (χ0v) is 16.7. The van der Waals surface area contributed by atoms with Crippen molar-refractivity contribution in [1.82, 2.24) is 19.8 Å². The molecule has 1 aliphatic heterocycles. The largest absolute Gasteiger partial charge is 0.352 e. The molecule has 1 N–H and O–H groups in total. The molecule has 0 unspecified atom stereocenters. The number of halogens is 1. The summed E-state index contributed by atoms with van der Waals surface area (Å²) in [4.78, 5) is 6.82. The lowest BCUT2D eigenvalue weighted by molar-refractivity contribution is 0.280. The summed E-state index contributed by atoms with van der Waals surface area (Å²) in [5.41, 5.74) is 2.96. The molecule has 1 aromatic carbocycles. The lowest BCUT2D eigenvalue weighted by Gasteiger charge is -2.30. The van der Waals surface area contributed by atoms with E-state index >= 15 is 0 Å². The highest BCUT2D eigenvalue weighted by Crippen LogP contribution is 2.39. The summed E-state index contributed by atoms with van der Waals surface area (Å²) >= 11 is 5.69. The topological polar surface area (TPSA) is 33.1 Å². The highest BCUT2D eigenvalue weighted by atomic mass is 32.1. The molecule has 0 radical (unpaired) electrons. The summed E-state index contributed by atoms with van der Waals surface area (Å²) in [6.07, 6.45) is 3.81. The first kappa shape index (κ1) is 18.6. The van der Waals surface area contributed by atoms with Crippen LogP contribution in [0.1, 0.15) is 37.3 Å². The Labute approximate surface area is 170 Å². The van der Waals surface area contributed by atoms with Gasteiger partial charge in [0, 0.05) is 30.3 Å². The maximum atomic E-state index is 13.4. The predicted molar refractivity (Wildman–Crippen MR) is 113 cm³/mol. The van der Waals surface area contributed by atoms with E-state index in [-0.39, 0.29) is 17.9 Å². The minimum Gasteiger partial charge on any atom is -0.352 e. The lowest BCUT2D eigenvalue weighted by Crippen LogP contribution is -2.33. The molecule has 144 valence electrons. The minimum atomic E-state index is -0.242. The maximum Gasteiger partial charge on any atom is 0.170 e. The number of hydrogen-bond donors (Lipinski definition) is 1. The number of benzene rings is 1. The second-order valence-electron chi connectivity index (χ2n) is 7.45. The number of nitrogens with zero attached hydrogens (tertiary/aromatic N) is 3. The third-order valence-corrected chi connectivity index (χ3v) is 5.30. The third kappa shape index (κ3) is 3.52. The number of pyridine rings is 1. The minimum absolute atomic E-state index is 0.00940. The van der Waals surface area contributed by atoms with Gasteiger partial charge in [-0.1, -0.05) is 19.9 Å². The van der Waals surface area contributed by atoms with Crippen LogP contribution in [0, 0.1) is 11.7 Å². The van der Waals surface area contributed by atoms with Crippen molar-refractivity contribution in [1.29, 1.82) is 0 Å². The normalized spacial score (nSPS) is 19.3. The number of rotatable bonds is 5. The molecule has 3 aromatic rings. The van der Waals surface area contributed by atoms with Crippen LogP contribution in [-0.4, -0.2) is 26.1 Å². The molecule has 0 aliphatic carbocycles. The molecule has 2 atom stereocenters. The van der Waals surface area contributed by atoms with Gasteiger partial charge in [0.25, 0.3) is 0 Å². The Morgan fingerprint density at radius 2 is 1.89 bits per heavy atom. The van der Waals surface area contributed by atoms with Crippen molar-refractivity contribution in [3.05, 3.63) is 84.2 Å². The van der Waals surface area contributed by atoms with Crippen LogP contribution in [0.5, 0.6) is 0 Å². The van der Waals surface area contributed by atoms with E-state index in [2.05, 4.69) is 39.7 Å². The Kier molecular flexibility index (Phi) is 5.13. The van der Waals surface area contributed by atoms with Gasteiger partial charge in [0.1, 0.15) is 5.82 Å². The van der Waals surface area contributed by atoms with E-state index < -0.39 is 0 Å². The Morgan fingerprint density at radius 1 is 1.11 bits per heavy atom. The van der Waals surface area contributed by atoms with E-state index in [9.17, 15) is 4.39 Å². The molecular weight excluding hydrogens is 371 g/mol. The van der Waals surface area contributed by atoms with Crippen molar-refractivity contribution in [3.63, 3.8) is 0 Å². The van der Waals surface area contributed by atoms with Gasteiger partial charge in [0.05, 0.1) is 17.8 Å².